The van der Waals surface area contributed by atoms with E-state index in [4.69, 9.17) is 17.0 Å². The van der Waals surface area contributed by atoms with E-state index in [1.165, 1.54) is 50.2 Å². The molecular weight excluding hydrogens is 636 g/mol. The summed E-state index contributed by atoms with van der Waals surface area (Å²) in [6.07, 6.45) is 3.35. The fourth-order valence-corrected chi connectivity index (χ4v) is 5.43. The average Bonchev–Trinajstić information content (AvgIpc) is 3.50. The van der Waals surface area contributed by atoms with Gasteiger partial charge < -0.3 is 18.4 Å². The average molecular weight is 658 g/mol. The van der Waals surface area contributed by atoms with Crippen LogP contribution in [-0.4, -0.2) is 7.05 Å². The van der Waals surface area contributed by atoms with E-state index >= 15 is 0 Å². The summed E-state index contributed by atoms with van der Waals surface area (Å²) >= 11 is 2.72. The number of nitrogens with zero attached hydrogens (tertiary/aromatic N) is 1. The number of hydrogen-bond acceptors (Lipinski definition) is 2. The molecule has 1 aliphatic heterocycles. The van der Waals surface area contributed by atoms with Gasteiger partial charge in [0.2, 0.25) is 0 Å². The molecule has 1 atom stereocenters. The van der Waals surface area contributed by atoms with Crippen molar-refractivity contribution >= 4 is 63.8 Å². The first-order valence-corrected chi connectivity index (χ1v) is 18.0. The van der Waals surface area contributed by atoms with E-state index in [1.54, 1.807) is 0 Å². The fourth-order valence-electron chi connectivity index (χ4n) is 5.06. The monoisotopic (exact) mass is 654 g/mol. The van der Waals surface area contributed by atoms with Crippen molar-refractivity contribution in [3.05, 3.63) is 123 Å². The Bertz CT molecular complexity index is 1350. The number of benzene rings is 4. The molecule has 1 nitrogen and oxygen atoms in total. The Morgan fingerprint density at radius 1 is 0.914 bits per heavy atom. The third kappa shape index (κ3) is 5.24. The van der Waals surface area contributed by atoms with Crippen molar-refractivity contribution in [2.75, 3.05) is 11.9 Å². The normalized spacial score (nSPS) is 14.9. The van der Waals surface area contributed by atoms with Crippen molar-refractivity contribution in [2.24, 2.45) is 0 Å². The van der Waals surface area contributed by atoms with Crippen molar-refractivity contribution in [3.8, 4) is 11.1 Å². The van der Waals surface area contributed by atoms with Gasteiger partial charge in [0, 0.05) is 11.5 Å². The molecule has 4 aromatic carbocycles. The van der Waals surface area contributed by atoms with Crippen LogP contribution in [0.4, 0.5) is 5.69 Å². The molecule has 0 aromatic heterocycles. The molecule has 0 bridgehead atoms. The van der Waals surface area contributed by atoms with Crippen LogP contribution in [0, 0.1) is 12.1 Å². The summed E-state index contributed by atoms with van der Waals surface area (Å²) in [7, 11) is 12.0. The molecule has 0 saturated carbocycles. The quantitative estimate of drug-likeness (QED) is 0.0935. The Labute approximate surface area is 241 Å². The Balaban J connectivity index is 0.000000150. The molecule has 0 amide bonds. The van der Waals surface area contributed by atoms with Gasteiger partial charge in [-0.2, -0.15) is 54.1 Å². The van der Waals surface area contributed by atoms with Crippen molar-refractivity contribution in [1.82, 2.24) is 0 Å². The molecule has 3 aliphatic rings. The number of rotatable bonds is 0. The van der Waals surface area contributed by atoms with Crippen LogP contribution in [-0.2, 0) is 40.8 Å². The van der Waals surface area contributed by atoms with Crippen LogP contribution in [0.3, 0.4) is 0 Å². The van der Waals surface area contributed by atoms with E-state index in [-0.39, 0.29) is 13.5 Å². The van der Waals surface area contributed by atoms with Gasteiger partial charge in [0.15, 0.2) is 0 Å². The number of halogens is 3. The maximum atomic E-state index is 4.93. The fraction of sp³-hybridized carbons (Fsp3) is 0.103. The van der Waals surface area contributed by atoms with Gasteiger partial charge in [0.25, 0.3) is 0 Å². The molecule has 7 rings (SSSR count). The zero-order valence-electron chi connectivity index (χ0n) is 18.9. The summed E-state index contributed by atoms with van der Waals surface area (Å²) in [5.41, 5.74) is 12.2. The molecule has 2 aliphatic carbocycles. The minimum atomic E-state index is -0.826. The summed E-state index contributed by atoms with van der Waals surface area (Å²) in [4.78, 5) is 2.32. The van der Waals surface area contributed by atoms with Crippen LogP contribution in [0.2, 0.25) is 0 Å². The number of likely N-dealkylation sites (N-methyl/N-ethyl adjacent to an activating group) is 1. The van der Waals surface area contributed by atoms with Crippen LogP contribution >= 0.6 is 33.0 Å². The second-order valence-corrected chi connectivity index (χ2v) is 12.9. The van der Waals surface area contributed by atoms with Gasteiger partial charge in [-0.15, -0.1) is 11.1 Å². The summed E-state index contributed by atoms with van der Waals surface area (Å²) in [5, 5.41) is 0. The van der Waals surface area contributed by atoms with Crippen molar-refractivity contribution in [3.63, 3.8) is 0 Å². The summed E-state index contributed by atoms with van der Waals surface area (Å²) in [6.45, 7) is 0. The first-order valence-electron chi connectivity index (χ1n) is 10.9. The van der Waals surface area contributed by atoms with E-state index in [1.807, 2.05) is 12.1 Å². The Morgan fingerprint density at radius 3 is 2.40 bits per heavy atom. The first-order chi connectivity index (χ1) is 16.6. The van der Waals surface area contributed by atoms with E-state index in [0.29, 0.717) is 6.04 Å². The molecule has 1 unspecified atom stereocenters. The topological polar surface area (TPSA) is 3.24 Å². The minimum absolute atomic E-state index is 0. The van der Waals surface area contributed by atoms with Gasteiger partial charge >= 0.3 is 37.9 Å². The maximum absolute atomic E-state index is 4.93. The van der Waals surface area contributed by atoms with Crippen molar-refractivity contribution in [2.45, 2.75) is 12.5 Å². The SMILES string of the molecule is CN1c2[c-]cccc2C2=Cc3cc(Br)ccc3C21.[Cl][Zr][Cl].[SH-].[c-]1cccc2c1Cc1ccccc1-2. The van der Waals surface area contributed by atoms with E-state index in [9.17, 15) is 0 Å². The molecular formula is C29H21BrCl2NSZr-3. The Kier molecular flexibility index (Phi) is 9.06. The number of fused-ring (bicyclic) bond motifs is 8. The maximum Gasteiger partial charge on any atom is -0.0253 e. The predicted molar refractivity (Wildman–Crippen MR) is 152 cm³/mol. The largest absolute Gasteiger partial charge is 0.813 e. The molecule has 6 heteroatoms. The Hall–Kier alpha value is -1.29. The van der Waals surface area contributed by atoms with Crippen LogP contribution in [0.1, 0.15) is 33.9 Å². The molecule has 35 heavy (non-hydrogen) atoms. The minimum Gasteiger partial charge on any atom is -0.813 e. The number of thiol groups is 1. The van der Waals surface area contributed by atoms with Crippen molar-refractivity contribution in [1.29, 1.82) is 0 Å². The van der Waals surface area contributed by atoms with Crippen molar-refractivity contribution < 1.29 is 20.8 Å². The zero-order chi connectivity index (χ0) is 23.7. The van der Waals surface area contributed by atoms with Gasteiger partial charge in [-0.05, 0) is 29.7 Å². The van der Waals surface area contributed by atoms with E-state index in [0.717, 1.165) is 10.9 Å². The molecule has 0 N–H and O–H groups in total. The van der Waals surface area contributed by atoms with Gasteiger partial charge in [-0.1, -0.05) is 74.7 Å². The van der Waals surface area contributed by atoms with Crippen LogP contribution in [0.15, 0.2) is 83.3 Å². The van der Waals surface area contributed by atoms with Crippen LogP contribution < -0.4 is 4.90 Å². The van der Waals surface area contributed by atoms with E-state index < -0.39 is 20.8 Å². The second-order valence-electron chi connectivity index (χ2n) is 8.29. The van der Waals surface area contributed by atoms with E-state index in [2.05, 4.69) is 113 Å². The molecule has 0 fully saturated rings. The molecule has 176 valence electrons. The summed E-state index contributed by atoms with van der Waals surface area (Å²) in [6, 6.07) is 34.6. The third-order valence-electron chi connectivity index (χ3n) is 6.45. The zero-order valence-corrected chi connectivity index (χ0v) is 25.3. The summed E-state index contributed by atoms with van der Waals surface area (Å²) < 4.78 is 1.14. The van der Waals surface area contributed by atoms with Gasteiger partial charge in [0.1, 0.15) is 0 Å². The van der Waals surface area contributed by atoms with Crippen LogP contribution in [0.5, 0.6) is 0 Å². The van der Waals surface area contributed by atoms with Gasteiger partial charge in [0.05, 0.1) is 6.04 Å². The molecule has 0 spiro atoms. The molecule has 4 aromatic rings. The Morgan fingerprint density at radius 2 is 1.60 bits per heavy atom. The predicted octanol–water partition coefficient (Wildman–Crippen LogP) is 8.46. The summed E-state index contributed by atoms with van der Waals surface area (Å²) in [5.74, 6) is 0. The van der Waals surface area contributed by atoms with Crippen LogP contribution in [0.25, 0.3) is 22.8 Å². The van der Waals surface area contributed by atoms with Gasteiger partial charge in [-0.3, -0.25) is 0 Å². The molecule has 0 radical (unpaired) electrons. The smallest absolute Gasteiger partial charge is 0.0253 e. The number of hydrogen-bond donors (Lipinski definition) is 0. The number of anilines is 1. The number of para-hydroxylation sites is 1. The standard InChI is InChI=1S/C16H11BrN.C13H9.2ClH.H2S.Zr/c1-18-15-5-3-2-4-13(15)14-9-10-8-11(17)6-7-12(10)16(14)18;1-3-7-12-10(5-1)9-11-6-2-4-8-13(11)12;;;;/h2-4,6-9,16H,1H3;1-5,7-8H,9H2;2*1H;1H2;/q2*-1;;;;+2/p-3. The van der Waals surface area contributed by atoms with Gasteiger partial charge in [-0.25, -0.2) is 0 Å². The second kappa shape index (κ2) is 11.8. The third-order valence-corrected chi connectivity index (χ3v) is 6.94. The molecule has 0 saturated heterocycles. The molecule has 1 heterocycles. The first kappa shape index (κ1) is 26.8.